The number of nitrogens with zero attached hydrogens (tertiary/aromatic N) is 3. The Morgan fingerprint density at radius 3 is 2.71 bits per heavy atom. The highest BCUT2D eigenvalue weighted by Gasteiger charge is 2.29. The number of carbonyl (C=O) groups excluding carboxylic acids is 2. The molecule has 1 aromatic carbocycles. The predicted molar refractivity (Wildman–Crippen MR) is 105 cm³/mol. The van der Waals surface area contributed by atoms with Crippen LogP contribution < -0.4 is 5.73 Å². The SMILES string of the molecule is Cc1nn(Cc2ccc(F)cc2)c(Cl)c1C(=O)N1CCCC(CCC(N)=O)C1. The first-order valence-electron chi connectivity index (χ1n) is 9.40. The molecule has 150 valence electrons. The molecular formula is C20H24ClFN4O2. The number of piperidine rings is 1. The number of benzene rings is 1. The summed E-state index contributed by atoms with van der Waals surface area (Å²) in [6.45, 7) is 3.36. The van der Waals surface area contributed by atoms with Crippen LogP contribution in [-0.4, -0.2) is 39.6 Å². The van der Waals surface area contributed by atoms with Gasteiger partial charge in [0.2, 0.25) is 5.91 Å². The van der Waals surface area contributed by atoms with Gasteiger partial charge in [0.05, 0.1) is 17.8 Å². The van der Waals surface area contributed by atoms with Gasteiger partial charge in [0.15, 0.2) is 0 Å². The maximum absolute atomic E-state index is 13.1. The minimum atomic E-state index is -0.315. The van der Waals surface area contributed by atoms with E-state index in [2.05, 4.69) is 5.10 Å². The number of likely N-dealkylation sites (tertiary alicyclic amines) is 1. The van der Waals surface area contributed by atoms with Crippen molar-refractivity contribution in [2.75, 3.05) is 13.1 Å². The molecule has 2 aromatic rings. The fourth-order valence-corrected chi connectivity index (χ4v) is 3.97. The summed E-state index contributed by atoms with van der Waals surface area (Å²) in [5.74, 6) is -0.502. The Labute approximate surface area is 168 Å². The fourth-order valence-electron chi connectivity index (χ4n) is 3.65. The van der Waals surface area contributed by atoms with Crippen LogP contribution in [0.2, 0.25) is 5.15 Å². The quantitative estimate of drug-likeness (QED) is 0.800. The van der Waals surface area contributed by atoms with E-state index in [4.69, 9.17) is 17.3 Å². The number of aryl methyl sites for hydroxylation is 1. The highest BCUT2D eigenvalue weighted by molar-refractivity contribution is 6.33. The predicted octanol–water partition coefficient (Wildman–Crippen LogP) is 3.15. The molecule has 2 amide bonds. The summed E-state index contributed by atoms with van der Waals surface area (Å²) >= 11 is 6.48. The molecule has 8 heteroatoms. The number of nitrogens with two attached hydrogens (primary N) is 1. The number of amides is 2. The number of aromatic nitrogens is 2. The van der Waals surface area contributed by atoms with Crippen LogP contribution in [0.4, 0.5) is 4.39 Å². The molecule has 0 radical (unpaired) electrons. The van der Waals surface area contributed by atoms with Gasteiger partial charge in [0, 0.05) is 19.5 Å². The molecule has 28 heavy (non-hydrogen) atoms. The van der Waals surface area contributed by atoms with Gasteiger partial charge in [-0.25, -0.2) is 9.07 Å². The molecule has 6 nitrogen and oxygen atoms in total. The minimum absolute atomic E-state index is 0.142. The first-order valence-corrected chi connectivity index (χ1v) is 9.78. The topological polar surface area (TPSA) is 81.2 Å². The lowest BCUT2D eigenvalue weighted by Crippen LogP contribution is -2.40. The lowest BCUT2D eigenvalue weighted by Gasteiger charge is -2.32. The first kappa shape index (κ1) is 20.3. The van der Waals surface area contributed by atoms with Gasteiger partial charge < -0.3 is 10.6 Å². The van der Waals surface area contributed by atoms with Crippen LogP contribution >= 0.6 is 11.6 Å². The summed E-state index contributed by atoms with van der Waals surface area (Å²) in [4.78, 5) is 25.9. The Balaban J connectivity index is 1.73. The molecular weight excluding hydrogens is 383 g/mol. The van der Waals surface area contributed by atoms with E-state index in [9.17, 15) is 14.0 Å². The summed E-state index contributed by atoms with van der Waals surface area (Å²) in [6.07, 6.45) is 2.89. The van der Waals surface area contributed by atoms with Crippen LogP contribution in [0, 0.1) is 18.7 Å². The number of hydrogen-bond donors (Lipinski definition) is 1. The van der Waals surface area contributed by atoms with Crippen LogP contribution in [0.25, 0.3) is 0 Å². The molecule has 1 atom stereocenters. The molecule has 0 saturated carbocycles. The van der Waals surface area contributed by atoms with Crippen LogP contribution in [0.1, 0.15) is 47.3 Å². The van der Waals surface area contributed by atoms with Gasteiger partial charge >= 0.3 is 0 Å². The van der Waals surface area contributed by atoms with Crippen molar-refractivity contribution in [1.29, 1.82) is 0 Å². The second-order valence-electron chi connectivity index (χ2n) is 7.30. The number of halogens is 2. The summed E-state index contributed by atoms with van der Waals surface area (Å²) in [5.41, 5.74) is 7.05. The molecule has 1 saturated heterocycles. The third-order valence-electron chi connectivity index (χ3n) is 5.13. The Morgan fingerprint density at radius 2 is 2.04 bits per heavy atom. The Bertz CT molecular complexity index is 866. The molecule has 1 aliphatic heterocycles. The monoisotopic (exact) mass is 406 g/mol. The molecule has 2 heterocycles. The smallest absolute Gasteiger partial charge is 0.258 e. The van der Waals surface area contributed by atoms with Gasteiger partial charge in [-0.3, -0.25) is 9.59 Å². The van der Waals surface area contributed by atoms with Crippen LogP contribution in [0.15, 0.2) is 24.3 Å². The van der Waals surface area contributed by atoms with Crippen molar-refractivity contribution in [3.63, 3.8) is 0 Å². The molecule has 1 aromatic heterocycles. The zero-order valence-electron chi connectivity index (χ0n) is 15.8. The van der Waals surface area contributed by atoms with E-state index in [1.54, 1.807) is 28.6 Å². The zero-order chi connectivity index (χ0) is 20.3. The van der Waals surface area contributed by atoms with Gasteiger partial charge in [0.25, 0.3) is 5.91 Å². The van der Waals surface area contributed by atoms with Crippen LogP contribution in [0.5, 0.6) is 0 Å². The van der Waals surface area contributed by atoms with E-state index in [0.29, 0.717) is 43.7 Å². The normalized spacial score (nSPS) is 17.0. The number of rotatable bonds is 6. The summed E-state index contributed by atoms with van der Waals surface area (Å²) < 4.78 is 14.7. The molecule has 2 N–H and O–H groups in total. The molecule has 1 unspecified atom stereocenters. The molecule has 1 fully saturated rings. The van der Waals surface area contributed by atoms with Crippen molar-refractivity contribution >= 4 is 23.4 Å². The lowest BCUT2D eigenvalue weighted by molar-refractivity contribution is -0.118. The largest absolute Gasteiger partial charge is 0.370 e. The maximum atomic E-state index is 13.1. The second kappa shape index (κ2) is 8.73. The fraction of sp³-hybridized carbons (Fsp3) is 0.450. The Kier molecular flexibility index (Phi) is 6.34. The van der Waals surface area contributed by atoms with Crippen molar-refractivity contribution in [3.05, 3.63) is 52.1 Å². The van der Waals surface area contributed by atoms with Crippen molar-refractivity contribution in [2.45, 2.75) is 39.2 Å². The van der Waals surface area contributed by atoms with E-state index in [1.165, 1.54) is 12.1 Å². The molecule has 0 bridgehead atoms. The van der Waals surface area contributed by atoms with Gasteiger partial charge in [-0.2, -0.15) is 5.10 Å². The van der Waals surface area contributed by atoms with Crippen molar-refractivity contribution < 1.29 is 14.0 Å². The number of carbonyl (C=O) groups is 2. The lowest BCUT2D eigenvalue weighted by atomic mass is 9.93. The summed E-state index contributed by atoms with van der Waals surface area (Å²) in [5, 5.41) is 4.69. The van der Waals surface area contributed by atoms with E-state index < -0.39 is 0 Å². The van der Waals surface area contributed by atoms with E-state index >= 15 is 0 Å². The maximum Gasteiger partial charge on any atom is 0.258 e. The molecule has 0 aliphatic carbocycles. The first-order chi connectivity index (χ1) is 13.3. The van der Waals surface area contributed by atoms with Crippen molar-refractivity contribution in [3.8, 4) is 0 Å². The van der Waals surface area contributed by atoms with Gasteiger partial charge in [-0.1, -0.05) is 23.7 Å². The zero-order valence-corrected chi connectivity index (χ0v) is 16.6. The van der Waals surface area contributed by atoms with E-state index in [-0.39, 0.29) is 28.7 Å². The van der Waals surface area contributed by atoms with E-state index in [1.807, 2.05) is 0 Å². The standard InChI is InChI=1S/C20H24ClFN4O2/c1-13-18(19(21)26(24-13)12-15-4-7-16(22)8-5-15)20(28)25-10-2-3-14(11-25)6-9-17(23)27/h4-5,7-8,14H,2-3,6,9-12H2,1H3,(H2,23,27). The van der Waals surface area contributed by atoms with Crippen molar-refractivity contribution in [1.82, 2.24) is 14.7 Å². The van der Waals surface area contributed by atoms with Crippen LogP contribution in [0.3, 0.4) is 0 Å². The summed E-state index contributed by atoms with van der Waals surface area (Å²) in [6, 6.07) is 6.09. The Hall–Kier alpha value is -2.41. The number of primary amides is 1. The average Bonchev–Trinajstić information content (AvgIpc) is 2.95. The molecule has 0 spiro atoms. The highest BCUT2D eigenvalue weighted by atomic mass is 35.5. The van der Waals surface area contributed by atoms with Gasteiger partial charge in [-0.15, -0.1) is 0 Å². The van der Waals surface area contributed by atoms with Gasteiger partial charge in [-0.05, 0) is 49.8 Å². The molecule has 3 rings (SSSR count). The minimum Gasteiger partial charge on any atom is -0.370 e. The molecule has 1 aliphatic rings. The third kappa shape index (κ3) is 4.70. The number of hydrogen-bond acceptors (Lipinski definition) is 3. The average molecular weight is 407 g/mol. The van der Waals surface area contributed by atoms with Crippen molar-refractivity contribution in [2.24, 2.45) is 11.7 Å². The Morgan fingerprint density at radius 1 is 1.32 bits per heavy atom. The van der Waals surface area contributed by atoms with Gasteiger partial charge in [0.1, 0.15) is 11.0 Å². The van der Waals surface area contributed by atoms with E-state index in [0.717, 1.165) is 18.4 Å². The second-order valence-corrected chi connectivity index (χ2v) is 7.66. The third-order valence-corrected chi connectivity index (χ3v) is 5.51. The highest BCUT2D eigenvalue weighted by Crippen LogP contribution is 2.27. The van der Waals surface area contributed by atoms with Crippen LogP contribution in [-0.2, 0) is 11.3 Å². The summed E-state index contributed by atoms with van der Waals surface area (Å²) in [7, 11) is 0.